The maximum Gasteiger partial charge on any atom is 0.314 e. The first-order valence-corrected chi connectivity index (χ1v) is 6.99. The molecule has 23 heavy (non-hydrogen) atoms. The fraction of sp³-hybridized carbons (Fsp3) is 0.250. The lowest BCUT2D eigenvalue weighted by Gasteiger charge is -2.11. The van der Waals surface area contributed by atoms with Crippen LogP contribution in [0.3, 0.4) is 0 Å². The standard InChI is InChI=1S/C16H16N2O5/c1-23-16(19)12(10-17-20)6-8-14-13-5-3-2-4-11(13)7-9-15(14)18(21)22/h2-5,7,9-10,12,20H,6,8H2,1H3/b17-10-. The Morgan fingerprint density at radius 3 is 2.78 bits per heavy atom. The Morgan fingerprint density at radius 2 is 2.13 bits per heavy atom. The van der Waals surface area contributed by atoms with Crippen LogP contribution in [0.4, 0.5) is 5.69 Å². The highest BCUT2D eigenvalue weighted by Crippen LogP contribution is 2.29. The number of ether oxygens (including phenoxy) is 1. The van der Waals surface area contributed by atoms with Crippen molar-refractivity contribution in [3.63, 3.8) is 0 Å². The van der Waals surface area contributed by atoms with Gasteiger partial charge in [0.15, 0.2) is 0 Å². The smallest absolute Gasteiger partial charge is 0.314 e. The van der Waals surface area contributed by atoms with Gasteiger partial charge in [-0.25, -0.2) is 0 Å². The lowest BCUT2D eigenvalue weighted by Crippen LogP contribution is -2.18. The summed E-state index contributed by atoms with van der Waals surface area (Å²) in [7, 11) is 1.24. The molecule has 0 bridgehead atoms. The van der Waals surface area contributed by atoms with E-state index in [1.165, 1.54) is 13.2 Å². The zero-order chi connectivity index (χ0) is 16.8. The highest BCUT2D eigenvalue weighted by molar-refractivity contribution is 5.90. The normalized spacial score (nSPS) is 12.4. The maximum atomic E-state index is 11.6. The van der Waals surface area contributed by atoms with Gasteiger partial charge >= 0.3 is 5.97 Å². The summed E-state index contributed by atoms with van der Waals surface area (Å²) in [4.78, 5) is 22.5. The van der Waals surface area contributed by atoms with E-state index in [1.54, 1.807) is 6.07 Å². The molecule has 0 saturated heterocycles. The zero-order valence-electron chi connectivity index (χ0n) is 12.5. The SMILES string of the molecule is COC(=O)C(/C=N\O)CCc1c([N+](=O)[O-])ccc2ccccc12. The fourth-order valence-electron chi connectivity index (χ4n) is 2.54. The molecule has 0 radical (unpaired) electrons. The number of carbonyl (C=O) groups excluding carboxylic acids is 1. The van der Waals surface area contributed by atoms with Crippen LogP contribution in [-0.4, -0.2) is 29.4 Å². The van der Waals surface area contributed by atoms with E-state index in [2.05, 4.69) is 9.89 Å². The number of rotatable bonds is 6. The highest BCUT2D eigenvalue weighted by Gasteiger charge is 2.21. The molecule has 120 valence electrons. The number of aryl methyl sites for hydroxylation is 1. The van der Waals surface area contributed by atoms with Crippen LogP contribution in [0.15, 0.2) is 41.6 Å². The molecule has 7 heteroatoms. The van der Waals surface area contributed by atoms with Crippen LogP contribution in [0.5, 0.6) is 0 Å². The van der Waals surface area contributed by atoms with Crippen molar-refractivity contribution in [3.05, 3.63) is 52.1 Å². The van der Waals surface area contributed by atoms with Gasteiger partial charge in [0, 0.05) is 11.6 Å². The van der Waals surface area contributed by atoms with Crippen molar-refractivity contribution in [1.29, 1.82) is 0 Å². The predicted molar refractivity (Wildman–Crippen MR) is 84.7 cm³/mol. The second kappa shape index (κ2) is 7.35. The van der Waals surface area contributed by atoms with Crippen LogP contribution in [0.25, 0.3) is 10.8 Å². The van der Waals surface area contributed by atoms with Crippen molar-refractivity contribution >= 4 is 28.6 Å². The molecule has 1 unspecified atom stereocenters. The molecular weight excluding hydrogens is 300 g/mol. The molecule has 0 aliphatic rings. The third-order valence-electron chi connectivity index (χ3n) is 3.67. The summed E-state index contributed by atoms with van der Waals surface area (Å²) in [5, 5.41) is 24.5. The Hall–Kier alpha value is -2.96. The molecule has 0 aliphatic heterocycles. The summed E-state index contributed by atoms with van der Waals surface area (Å²) in [5.41, 5.74) is 0.557. The number of hydrogen-bond donors (Lipinski definition) is 1. The van der Waals surface area contributed by atoms with Crippen molar-refractivity contribution in [1.82, 2.24) is 0 Å². The molecular formula is C16H16N2O5. The Morgan fingerprint density at radius 1 is 1.39 bits per heavy atom. The molecule has 0 aromatic heterocycles. The third-order valence-corrected chi connectivity index (χ3v) is 3.67. The van der Waals surface area contributed by atoms with Gasteiger partial charge < -0.3 is 9.94 Å². The van der Waals surface area contributed by atoms with Gasteiger partial charge in [-0.15, -0.1) is 5.16 Å². The van der Waals surface area contributed by atoms with E-state index in [1.807, 2.05) is 24.3 Å². The minimum Gasteiger partial charge on any atom is -0.469 e. The summed E-state index contributed by atoms with van der Waals surface area (Å²) >= 11 is 0. The summed E-state index contributed by atoms with van der Waals surface area (Å²) in [6, 6.07) is 10.5. The number of nitro benzene ring substituents is 1. The van der Waals surface area contributed by atoms with Crippen LogP contribution < -0.4 is 0 Å². The number of carbonyl (C=O) groups is 1. The monoisotopic (exact) mass is 316 g/mol. The molecule has 0 spiro atoms. The molecule has 1 atom stereocenters. The Balaban J connectivity index is 2.39. The topological polar surface area (TPSA) is 102 Å². The van der Waals surface area contributed by atoms with Gasteiger partial charge in [-0.3, -0.25) is 14.9 Å². The fourth-order valence-corrected chi connectivity index (χ4v) is 2.54. The van der Waals surface area contributed by atoms with Crippen molar-refractivity contribution < 1.29 is 19.7 Å². The van der Waals surface area contributed by atoms with Crippen molar-refractivity contribution in [2.45, 2.75) is 12.8 Å². The molecule has 7 nitrogen and oxygen atoms in total. The number of benzene rings is 2. The number of hydrogen-bond acceptors (Lipinski definition) is 6. The molecule has 0 aliphatic carbocycles. The third kappa shape index (κ3) is 3.63. The van der Waals surface area contributed by atoms with Crippen molar-refractivity contribution in [2.24, 2.45) is 11.1 Å². The zero-order valence-corrected chi connectivity index (χ0v) is 12.5. The maximum absolute atomic E-state index is 11.6. The molecule has 1 N–H and O–H groups in total. The quantitative estimate of drug-likeness (QED) is 0.290. The summed E-state index contributed by atoms with van der Waals surface area (Å²) < 4.78 is 4.64. The minimum absolute atomic E-state index is 0.00764. The van der Waals surface area contributed by atoms with Gasteiger partial charge in [-0.05, 0) is 29.7 Å². The van der Waals surface area contributed by atoms with E-state index in [9.17, 15) is 14.9 Å². The number of fused-ring (bicyclic) bond motifs is 1. The first kappa shape index (κ1) is 16.4. The second-order valence-electron chi connectivity index (χ2n) is 4.97. The number of nitrogens with zero attached hydrogens (tertiary/aromatic N) is 2. The molecule has 2 aromatic carbocycles. The highest BCUT2D eigenvalue weighted by atomic mass is 16.6. The molecule has 0 amide bonds. The van der Waals surface area contributed by atoms with Crippen LogP contribution in [0, 0.1) is 16.0 Å². The molecule has 0 saturated carbocycles. The van der Waals surface area contributed by atoms with Crippen LogP contribution in [0.1, 0.15) is 12.0 Å². The lowest BCUT2D eigenvalue weighted by molar-refractivity contribution is -0.385. The van der Waals surface area contributed by atoms with Gasteiger partial charge in [0.05, 0.1) is 24.2 Å². The van der Waals surface area contributed by atoms with Gasteiger partial charge in [0.25, 0.3) is 5.69 Å². The molecule has 2 rings (SSSR count). The lowest BCUT2D eigenvalue weighted by atomic mass is 9.95. The Kier molecular flexibility index (Phi) is 5.24. The summed E-state index contributed by atoms with van der Waals surface area (Å²) in [6.45, 7) is 0. The average molecular weight is 316 g/mol. The largest absolute Gasteiger partial charge is 0.469 e. The minimum atomic E-state index is -0.761. The van der Waals surface area contributed by atoms with Crippen LogP contribution in [0.2, 0.25) is 0 Å². The van der Waals surface area contributed by atoms with Crippen LogP contribution >= 0.6 is 0 Å². The van der Waals surface area contributed by atoms with E-state index < -0.39 is 16.8 Å². The van der Waals surface area contributed by atoms with E-state index in [0.29, 0.717) is 5.56 Å². The summed E-state index contributed by atoms with van der Waals surface area (Å²) in [5.74, 6) is -1.31. The van der Waals surface area contributed by atoms with Gasteiger partial charge in [-0.2, -0.15) is 0 Å². The average Bonchev–Trinajstić information content (AvgIpc) is 2.57. The van der Waals surface area contributed by atoms with E-state index >= 15 is 0 Å². The Labute approximate surface area is 132 Å². The number of methoxy groups -OCH3 is 1. The number of oxime groups is 1. The first-order chi connectivity index (χ1) is 11.1. The van der Waals surface area contributed by atoms with E-state index in [4.69, 9.17) is 5.21 Å². The first-order valence-electron chi connectivity index (χ1n) is 6.99. The van der Waals surface area contributed by atoms with Crippen LogP contribution in [-0.2, 0) is 16.0 Å². The molecule has 0 fully saturated rings. The predicted octanol–water partition coefficient (Wildman–Crippen LogP) is 2.93. The van der Waals surface area contributed by atoms with Gasteiger partial charge in [-0.1, -0.05) is 24.3 Å². The molecule has 0 heterocycles. The van der Waals surface area contributed by atoms with E-state index in [0.717, 1.165) is 17.0 Å². The number of esters is 1. The molecule has 2 aromatic rings. The Bertz CT molecular complexity index is 757. The van der Waals surface area contributed by atoms with E-state index in [-0.39, 0.29) is 18.5 Å². The van der Waals surface area contributed by atoms with Crippen molar-refractivity contribution in [3.8, 4) is 0 Å². The number of nitro groups is 1. The van der Waals surface area contributed by atoms with Crippen molar-refractivity contribution in [2.75, 3.05) is 7.11 Å². The van der Waals surface area contributed by atoms with Gasteiger partial charge in [0.1, 0.15) is 0 Å². The van der Waals surface area contributed by atoms with Gasteiger partial charge in [0.2, 0.25) is 0 Å². The summed E-state index contributed by atoms with van der Waals surface area (Å²) in [6.07, 6.45) is 1.60. The second-order valence-corrected chi connectivity index (χ2v) is 4.97.